The summed E-state index contributed by atoms with van der Waals surface area (Å²) in [7, 11) is 0. The van der Waals surface area contributed by atoms with Crippen LogP contribution in [0.1, 0.15) is 58.4 Å². The molecule has 4 N–H and O–H groups in total. The van der Waals surface area contributed by atoms with Gasteiger partial charge in [0.25, 0.3) is 5.91 Å². The monoisotopic (exact) mass is 443 g/mol. The van der Waals surface area contributed by atoms with Crippen LogP contribution in [-0.4, -0.2) is 19.0 Å². The molecule has 1 amide bonds. The predicted molar refractivity (Wildman–Crippen MR) is 131 cm³/mol. The Balaban J connectivity index is 1.56. The van der Waals surface area contributed by atoms with Crippen molar-refractivity contribution in [2.45, 2.75) is 32.4 Å². The molecule has 1 aliphatic heterocycles. The summed E-state index contributed by atoms with van der Waals surface area (Å²) in [6.45, 7) is 4.28. The highest BCUT2D eigenvalue weighted by Gasteiger charge is 2.16. The zero-order valence-corrected chi connectivity index (χ0v) is 18.9. The zero-order chi connectivity index (χ0) is 23.2. The number of hydrogen-bond donors (Lipinski definition) is 3. The third kappa shape index (κ3) is 5.56. The molecule has 4 nitrogen and oxygen atoms in total. The maximum absolute atomic E-state index is 13.5. The van der Waals surface area contributed by atoms with E-state index in [2.05, 4.69) is 34.9 Å². The molecule has 0 aromatic heterocycles. The minimum Gasteiger partial charge on any atom is -0.346 e. The van der Waals surface area contributed by atoms with E-state index in [-0.39, 0.29) is 17.8 Å². The molecule has 0 spiro atoms. The number of benzene rings is 3. The SMILES string of the molecule is C[C@@H](NC(=O)c1cccc(CN)c1)c1ccc(C(=C2CCNCC2)c2ccc(F)cc2)cc1. The molecule has 170 valence electrons. The predicted octanol–water partition coefficient (Wildman–Crippen LogP) is 4.96. The Labute approximate surface area is 194 Å². The lowest BCUT2D eigenvalue weighted by Gasteiger charge is -2.22. The summed E-state index contributed by atoms with van der Waals surface area (Å²) in [6, 6.07) is 22.3. The molecular formula is C28H30FN3O. The minimum atomic E-state index is -0.231. The van der Waals surface area contributed by atoms with Gasteiger partial charge >= 0.3 is 0 Å². The van der Waals surface area contributed by atoms with Crippen LogP contribution in [0.3, 0.4) is 0 Å². The lowest BCUT2D eigenvalue weighted by atomic mass is 9.88. The van der Waals surface area contributed by atoms with Gasteiger partial charge in [-0.1, -0.05) is 54.1 Å². The summed E-state index contributed by atoms with van der Waals surface area (Å²) in [5.41, 5.74) is 13.0. The Hall–Kier alpha value is -3.28. The summed E-state index contributed by atoms with van der Waals surface area (Å²) in [5.74, 6) is -0.351. The first-order valence-electron chi connectivity index (χ1n) is 11.4. The largest absolute Gasteiger partial charge is 0.346 e. The summed E-state index contributed by atoms with van der Waals surface area (Å²) in [5, 5.41) is 6.48. The number of nitrogens with one attached hydrogen (secondary N) is 2. The first-order valence-corrected chi connectivity index (χ1v) is 11.4. The molecule has 0 saturated carbocycles. The summed E-state index contributed by atoms with van der Waals surface area (Å²) < 4.78 is 13.5. The third-order valence-electron chi connectivity index (χ3n) is 6.17. The van der Waals surface area contributed by atoms with Gasteiger partial charge in [-0.05, 0) is 84.9 Å². The van der Waals surface area contributed by atoms with Crippen LogP contribution >= 0.6 is 0 Å². The van der Waals surface area contributed by atoms with E-state index in [4.69, 9.17) is 5.73 Å². The molecule has 5 heteroatoms. The standard InChI is InChI=1S/C28H30FN3O/c1-19(32-28(33)25-4-2-3-20(17-25)18-30)21-5-7-22(8-6-21)27(24-13-15-31-16-14-24)23-9-11-26(29)12-10-23/h2-12,17,19,31H,13-16,18,30H2,1H3,(H,32,33)/t19-/m1/s1. The molecular weight excluding hydrogens is 413 g/mol. The van der Waals surface area contributed by atoms with Gasteiger partial charge in [-0.3, -0.25) is 4.79 Å². The molecule has 1 saturated heterocycles. The lowest BCUT2D eigenvalue weighted by Crippen LogP contribution is -2.26. The fourth-order valence-electron chi connectivity index (χ4n) is 4.31. The van der Waals surface area contributed by atoms with Crippen LogP contribution in [0, 0.1) is 5.82 Å². The molecule has 0 unspecified atom stereocenters. The van der Waals surface area contributed by atoms with Gasteiger partial charge in [-0.15, -0.1) is 0 Å². The average molecular weight is 444 g/mol. The quantitative estimate of drug-likeness (QED) is 0.504. The summed E-state index contributed by atoms with van der Waals surface area (Å²) in [4.78, 5) is 12.7. The van der Waals surface area contributed by atoms with Gasteiger partial charge in [0.1, 0.15) is 5.82 Å². The smallest absolute Gasteiger partial charge is 0.251 e. The fourth-order valence-corrected chi connectivity index (χ4v) is 4.31. The highest BCUT2D eigenvalue weighted by Crippen LogP contribution is 2.32. The highest BCUT2D eigenvalue weighted by atomic mass is 19.1. The van der Waals surface area contributed by atoms with Crippen molar-refractivity contribution in [1.29, 1.82) is 0 Å². The molecule has 1 fully saturated rings. The number of halogens is 1. The average Bonchev–Trinajstić information content (AvgIpc) is 2.86. The number of piperidine rings is 1. The molecule has 3 aromatic rings. The van der Waals surface area contributed by atoms with Crippen LogP contribution in [0.15, 0.2) is 78.4 Å². The molecule has 3 aromatic carbocycles. The molecule has 1 atom stereocenters. The van der Waals surface area contributed by atoms with Crippen molar-refractivity contribution in [2.75, 3.05) is 13.1 Å². The van der Waals surface area contributed by atoms with E-state index in [0.717, 1.165) is 48.2 Å². The van der Waals surface area contributed by atoms with Crippen LogP contribution < -0.4 is 16.4 Å². The Kier molecular flexibility index (Phi) is 7.33. The Morgan fingerprint density at radius 1 is 0.970 bits per heavy atom. The molecule has 33 heavy (non-hydrogen) atoms. The number of amides is 1. The third-order valence-corrected chi connectivity index (χ3v) is 6.17. The second-order valence-corrected chi connectivity index (χ2v) is 8.46. The van der Waals surface area contributed by atoms with Crippen molar-refractivity contribution >= 4 is 11.5 Å². The van der Waals surface area contributed by atoms with Gasteiger partial charge in [0.2, 0.25) is 0 Å². The summed E-state index contributed by atoms with van der Waals surface area (Å²) in [6.07, 6.45) is 1.95. The van der Waals surface area contributed by atoms with Crippen molar-refractivity contribution in [3.8, 4) is 0 Å². The van der Waals surface area contributed by atoms with Crippen LogP contribution in [0.4, 0.5) is 4.39 Å². The van der Waals surface area contributed by atoms with Gasteiger partial charge in [-0.25, -0.2) is 4.39 Å². The maximum Gasteiger partial charge on any atom is 0.251 e. The molecule has 0 aliphatic carbocycles. The van der Waals surface area contributed by atoms with Crippen LogP contribution in [-0.2, 0) is 6.54 Å². The van der Waals surface area contributed by atoms with Crippen molar-refractivity contribution in [3.05, 3.63) is 112 Å². The molecule has 0 radical (unpaired) electrons. The van der Waals surface area contributed by atoms with Gasteiger partial charge in [0, 0.05) is 12.1 Å². The maximum atomic E-state index is 13.5. The number of nitrogens with two attached hydrogens (primary N) is 1. The highest BCUT2D eigenvalue weighted by molar-refractivity contribution is 5.94. The van der Waals surface area contributed by atoms with E-state index >= 15 is 0 Å². The van der Waals surface area contributed by atoms with Crippen molar-refractivity contribution < 1.29 is 9.18 Å². The minimum absolute atomic E-state index is 0.120. The van der Waals surface area contributed by atoms with Gasteiger partial charge in [0.15, 0.2) is 0 Å². The zero-order valence-electron chi connectivity index (χ0n) is 18.9. The number of carbonyl (C=O) groups is 1. The summed E-state index contributed by atoms with van der Waals surface area (Å²) >= 11 is 0. The van der Waals surface area contributed by atoms with E-state index in [1.165, 1.54) is 23.3 Å². The van der Waals surface area contributed by atoms with E-state index in [1.54, 1.807) is 6.07 Å². The Bertz CT molecular complexity index is 1130. The normalized spacial score (nSPS) is 14.6. The Morgan fingerprint density at radius 2 is 1.61 bits per heavy atom. The van der Waals surface area contributed by atoms with E-state index in [9.17, 15) is 9.18 Å². The van der Waals surface area contributed by atoms with Crippen molar-refractivity contribution in [3.63, 3.8) is 0 Å². The molecule has 1 heterocycles. The van der Waals surface area contributed by atoms with E-state index in [0.29, 0.717) is 12.1 Å². The Morgan fingerprint density at radius 3 is 2.24 bits per heavy atom. The molecule has 1 aliphatic rings. The van der Waals surface area contributed by atoms with Gasteiger partial charge < -0.3 is 16.4 Å². The first kappa shape index (κ1) is 22.9. The number of rotatable bonds is 6. The molecule has 4 rings (SSSR count). The van der Waals surface area contributed by atoms with Crippen LogP contribution in [0.5, 0.6) is 0 Å². The molecule has 0 bridgehead atoms. The van der Waals surface area contributed by atoms with Crippen molar-refractivity contribution in [2.24, 2.45) is 5.73 Å². The van der Waals surface area contributed by atoms with Gasteiger partial charge in [-0.2, -0.15) is 0 Å². The number of carbonyl (C=O) groups excluding carboxylic acids is 1. The van der Waals surface area contributed by atoms with Gasteiger partial charge in [0.05, 0.1) is 6.04 Å². The second kappa shape index (κ2) is 10.6. The van der Waals surface area contributed by atoms with E-state index < -0.39 is 0 Å². The first-order chi connectivity index (χ1) is 16.0. The number of hydrogen-bond acceptors (Lipinski definition) is 3. The second-order valence-electron chi connectivity index (χ2n) is 8.46. The van der Waals surface area contributed by atoms with E-state index in [1.807, 2.05) is 37.3 Å². The lowest BCUT2D eigenvalue weighted by molar-refractivity contribution is 0.0940. The van der Waals surface area contributed by atoms with Crippen molar-refractivity contribution in [1.82, 2.24) is 10.6 Å². The topological polar surface area (TPSA) is 67.2 Å². The fraction of sp³-hybridized carbons (Fsp3) is 0.250. The van der Waals surface area contributed by atoms with Crippen LogP contribution in [0.2, 0.25) is 0 Å². The van der Waals surface area contributed by atoms with Crippen LogP contribution in [0.25, 0.3) is 5.57 Å².